The van der Waals surface area contributed by atoms with Gasteiger partial charge >= 0.3 is 0 Å². The summed E-state index contributed by atoms with van der Waals surface area (Å²) in [6.45, 7) is 1.89. The van der Waals surface area contributed by atoms with Crippen LogP contribution in [0.3, 0.4) is 0 Å². The van der Waals surface area contributed by atoms with Crippen LogP contribution in [0.1, 0.15) is 11.1 Å². The molecule has 122 valence electrons. The van der Waals surface area contributed by atoms with Crippen LogP contribution in [0.2, 0.25) is 0 Å². The number of aryl methyl sites for hydroxylation is 1. The summed E-state index contributed by atoms with van der Waals surface area (Å²) < 4.78 is 26.9. The zero-order valence-electron chi connectivity index (χ0n) is 13.2. The van der Waals surface area contributed by atoms with E-state index in [9.17, 15) is 13.2 Å². The van der Waals surface area contributed by atoms with Crippen molar-refractivity contribution >= 4 is 15.9 Å². The predicted octanol–water partition coefficient (Wildman–Crippen LogP) is 1.93. The fourth-order valence-corrected chi connectivity index (χ4v) is 3.39. The summed E-state index contributed by atoms with van der Waals surface area (Å²) in [4.78, 5) is 13.8. The Labute approximate surface area is 137 Å². The third-order valence-corrected chi connectivity index (χ3v) is 5.05. The number of sulfonamides is 1. The maximum absolute atomic E-state index is 12.3. The van der Waals surface area contributed by atoms with E-state index < -0.39 is 10.0 Å². The van der Waals surface area contributed by atoms with E-state index in [4.69, 9.17) is 0 Å². The SMILES string of the molecule is Cc1ccccc1S(=O)(=O)NCC(=O)N(C)Cc1ccccc1. The highest BCUT2D eigenvalue weighted by Gasteiger charge is 2.18. The van der Waals surface area contributed by atoms with Crippen molar-refractivity contribution in [2.45, 2.75) is 18.4 Å². The number of carbonyl (C=O) groups is 1. The van der Waals surface area contributed by atoms with Gasteiger partial charge in [0.2, 0.25) is 15.9 Å². The fourth-order valence-electron chi connectivity index (χ4n) is 2.17. The molecule has 0 radical (unpaired) electrons. The van der Waals surface area contributed by atoms with Crippen molar-refractivity contribution in [2.24, 2.45) is 0 Å². The normalized spacial score (nSPS) is 11.2. The molecule has 0 unspecified atom stereocenters. The van der Waals surface area contributed by atoms with E-state index in [-0.39, 0.29) is 17.3 Å². The highest BCUT2D eigenvalue weighted by Crippen LogP contribution is 2.13. The van der Waals surface area contributed by atoms with Crippen molar-refractivity contribution in [3.63, 3.8) is 0 Å². The summed E-state index contributed by atoms with van der Waals surface area (Å²) in [5.74, 6) is -0.286. The van der Waals surface area contributed by atoms with E-state index in [1.165, 1.54) is 11.0 Å². The van der Waals surface area contributed by atoms with Gasteiger partial charge in [-0.05, 0) is 24.1 Å². The monoisotopic (exact) mass is 332 g/mol. The van der Waals surface area contributed by atoms with E-state index in [0.717, 1.165) is 5.56 Å². The topological polar surface area (TPSA) is 66.5 Å². The molecule has 1 amide bonds. The predicted molar refractivity (Wildman–Crippen MR) is 89.3 cm³/mol. The molecule has 0 saturated carbocycles. The zero-order chi connectivity index (χ0) is 16.9. The van der Waals surface area contributed by atoms with E-state index in [1.54, 1.807) is 32.2 Å². The smallest absolute Gasteiger partial charge is 0.241 e. The average Bonchev–Trinajstić information content (AvgIpc) is 2.54. The second kappa shape index (κ2) is 7.39. The zero-order valence-corrected chi connectivity index (χ0v) is 14.0. The van der Waals surface area contributed by atoms with Crippen LogP contribution in [-0.4, -0.2) is 32.8 Å². The molecule has 0 saturated heterocycles. The van der Waals surface area contributed by atoms with Crippen LogP contribution in [-0.2, 0) is 21.4 Å². The van der Waals surface area contributed by atoms with Crippen LogP contribution < -0.4 is 4.72 Å². The lowest BCUT2D eigenvalue weighted by atomic mass is 10.2. The first-order valence-electron chi connectivity index (χ1n) is 7.23. The average molecular weight is 332 g/mol. The summed E-state index contributed by atoms with van der Waals surface area (Å²) in [7, 11) is -2.04. The molecule has 0 aliphatic carbocycles. The fraction of sp³-hybridized carbons (Fsp3) is 0.235. The van der Waals surface area contributed by atoms with Crippen molar-refractivity contribution in [3.05, 3.63) is 65.7 Å². The molecule has 2 aromatic carbocycles. The number of likely N-dealkylation sites (N-methyl/N-ethyl adjacent to an activating group) is 1. The number of benzene rings is 2. The number of nitrogens with one attached hydrogen (secondary N) is 1. The van der Waals surface area contributed by atoms with Crippen molar-refractivity contribution in [2.75, 3.05) is 13.6 Å². The minimum absolute atomic E-state index is 0.193. The van der Waals surface area contributed by atoms with E-state index in [2.05, 4.69) is 4.72 Å². The molecule has 0 bridgehead atoms. The highest BCUT2D eigenvalue weighted by molar-refractivity contribution is 7.89. The largest absolute Gasteiger partial charge is 0.340 e. The van der Waals surface area contributed by atoms with Gasteiger partial charge in [0.05, 0.1) is 11.4 Å². The van der Waals surface area contributed by atoms with E-state index >= 15 is 0 Å². The molecular weight excluding hydrogens is 312 g/mol. The molecule has 2 aromatic rings. The molecule has 0 aromatic heterocycles. The third kappa shape index (κ3) is 4.64. The number of nitrogens with zero attached hydrogens (tertiary/aromatic N) is 1. The number of hydrogen-bond acceptors (Lipinski definition) is 3. The van der Waals surface area contributed by atoms with Crippen molar-refractivity contribution in [1.82, 2.24) is 9.62 Å². The minimum atomic E-state index is -3.69. The lowest BCUT2D eigenvalue weighted by Gasteiger charge is -2.18. The molecule has 2 rings (SSSR count). The summed E-state index contributed by atoms with van der Waals surface area (Å²) in [5, 5.41) is 0. The number of carbonyl (C=O) groups excluding carboxylic acids is 1. The van der Waals surface area contributed by atoms with Gasteiger partial charge in [-0.15, -0.1) is 0 Å². The Balaban J connectivity index is 1.97. The third-order valence-electron chi connectivity index (χ3n) is 3.48. The molecule has 0 atom stereocenters. The molecule has 0 aliphatic rings. The quantitative estimate of drug-likeness (QED) is 0.879. The van der Waals surface area contributed by atoms with Crippen LogP contribution in [0.15, 0.2) is 59.5 Å². The molecule has 0 aliphatic heterocycles. The van der Waals surface area contributed by atoms with Crippen LogP contribution in [0.4, 0.5) is 0 Å². The molecule has 0 heterocycles. The Hall–Kier alpha value is -2.18. The Bertz CT molecular complexity index is 773. The molecule has 5 nitrogen and oxygen atoms in total. The molecule has 0 fully saturated rings. The first-order chi connectivity index (χ1) is 10.9. The van der Waals surface area contributed by atoms with E-state index in [1.807, 2.05) is 30.3 Å². The second-order valence-corrected chi connectivity index (χ2v) is 7.06. The highest BCUT2D eigenvalue weighted by atomic mass is 32.2. The molecule has 23 heavy (non-hydrogen) atoms. The standard InChI is InChI=1S/C17H20N2O3S/c1-14-8-6-7-11-16(14)23(21,22)18-12-17(20)19(2)13-15-9-4-3-5-10-15/h3-11,18H,12-13H2,1-2H3. The Morgan fingerprint density at radius 1 is 1.04 bits per heavy atom. The van der Waals surface area contributed by atoms with Gasteiger partial charge in [0.1, 0.15) is 0 Å². The van der Waals surface area contributed by atoms with Gasteiger partial charge < -0.3 is 4.90 Å². The number of amides is 1. The Kier molecular flexibility index (Phi) is 5.52. The van der Waals surface area contributed by atoms with Gasteiger partial charge in [0.15, 0.2) is 0 Å². The van der Waals surface area contributed by atoms with Crippen molar-refractivity contribution in [3.8, 4) is 0 Å². The first kappa shape index (κ1) is 17.2. The summed E-state index contributed by atoms with van der Waals surface area (Å²) in [6.07, 6.45) is 0. The molecule has 6 heteroatoms. The van der Waals surface area contributed by atoms with Crippen molar-refractivity contribution < 1.29 is 13.2 Å². The summed E-state index contributed by atoms with van der Waals surface area (Å²) in [6, 6.07) is 16.2. The molecule has 0 spiro atoms. The summed E-state index contributed by atoms with van der Waals surface area (Å²) in [5.41, 5.74) is 1.63. The van der Waals surface area contributed by atoms with Crippen LogP contribution >= 0.6 is 0 Å². The van der Waals surface area contributed by atoms with E-state index in [0.29, 0.717) is 12.1 Å². The van der Waals surface area contributed by atoms with Crippen molar-refractivity contribution in [1.29, 1.82) is 0 Å². The Morgan fingerprint density at radius 2 is 1.65 bits per heavy atom. The number of hydrogen-bond donors (Lipinski definition) is 1. The van der Waals surface area contributed by atoms with Crippen LogP contribution in [0, 0.1) is 6.92 Å². The van der Waals surface area contributed by atoms with Gasteiger partial charge in [0, 0.05) is 13.6 Å². The lowest BCUT2D eigenvalue weighted by molar-refractivity contribution is -0.129. The molecular formula is C17H20N2O3S. The molecule has 1 N–H and O–H groups in total. The van der Waals surface area contributed by atoms with Crippen LogP contribution in [0.25, 0.3) is 0 Å². The van der Waals surface area contributed by atoms with Gasteiger partial charge in [-0.1, -0.05) is 48.5 Å². The van der Waals surface area contributed by atoms with Gasteiger partial charge in [0.25, 0.3) is 0 Å². The maximum Gasteiger partial charge on any atom is 0.241 e. The number of rotatable bonds is 6. The summed E-state index contributed by atoms with van der Waals surface area (Å²) >= 11 is 0. The Morgan fingerprint density at radius 3 is 2.30 bits per heavy atom. The van der Waals surface area contributed by atoms with Gasteiger partial charge in [-0.25, -0.2) is 13.1 Å². The lowest BCUT2D eigenvalue weighted by Crippen LogP contribution is -2.37. The minimum Gasteiger partial charge on any atom is -0.340 e. The van der Waals surface area contributed by atoms with Gasteiger partial charge in [-0.2, -0.15) is 0 Å². The van der Waals surface area contributed by atoms with Gasteiger partial charge in [-0.3, -0.25) is 4.79 Å². The maximum atomic E-state index is 12.3. The van der Waals surface area contributed by atoms with Crippen LogP contribution in [0.5, 0.6) is 0 Å². The second-order valence-electron chi connectivity index (χ2n) is 5.33. The first-order valence-corrected chi connectivity index (χ1v) is 8.71.